The summed E-state index contributed by atoms with van der Waals surface area (Å²) < 4.78 is 10.5. The highest BCUT2D eigenvalue weighted by molar-refractivity contribution is 5.46. The van der Waals surface area contributed by atoms with Gasteiger partial charge < -0.3 is 15.2 Å². The van der Waals surface area contributed by atoms with E-state index in [4.69, 9.17) is 15.2 Å². The molecule has 0 spiro atoms. The molecule has 0 radical (unpaired) electrons. The fraction of sp³-hybridized carbons (Fsp3) is 0.286. The van der Waals surface area contributed by atoms with Gasteiger partial charge in [-0.15, -0.1) is 0 Å². The Morgan fingerprint density at radius 3 is 2.82 bits per heavy atom. The Balaban J connectivity index is 2.43. The molecule has 0 atom stereocenters. The molecule has 1 aromatic heterocycles. The van der Waals surface area contributed by atoms with Crippen LogP contribution in [0.1, 0.15) is 0 Å². The molecule has 0 aliphatic carbocycles. The molecule has 0 amide bonds. The van der Waals surface area contributed by atoms with Gasteiger partial charge in [0.15, 0.2) is 11.5 Å². The average Bonchev–Trinajstić information content (AvgIpc) is 2.04. The fourth-order valence-corrected chi connectivity index (χ4v) is 0.964. The van der Waals surface area contributed by atoms with Gasteiger partial charge in [-0.2, -0.15) is 0 Å². The molecular formula is C7H8N2O2. The molecule has 4 heteroatoms. The van der Waals surface area contributed by atoms with Crippen LogP contribution < -0.4 is 15.2 Å². The summed E-state index contributed by atoms with van der Waals surface area (Å²) in [5.74, 6) is 1.81. The van der Waals surface area contributed by atoms with Crippen molar-refractivity contribution in [1.29, 1.82) is 0 Å². The number of nitrogens with zero attached hydrogens (tertiary/aromatic N) is 1. The zero-order chi connectivity index (χ0) is 7.68. The Morgan fingerprint density at radius 2 is 2.00 bits per heavy atom. The Morgan fingerprint density at radius 1 is 1.27 bits per heavy atom. The van der Waals surface area contributed by atoms with Crippen LogP contribution in [-0.4, -0.2) is 18.2 Å². The van der Waals surface area contributed by atoms with Crippen molar-refractivity contribution >= 4 is 5.82 Å². The van der Waals surface area contributed by atoms with Gasteiger partial charge in [0.2, 0.25) is 0 Å². The van der Waals surface area contributed by atoms with Crippen molar-refractivity contribution in [2.75, 3.05) is 18.9 Å². The maximum Gasteiger partial charge on any atom is 0.179 e. The second-order valence-corrected chi connectivity index (χ2v) is 2.25. The average molecular weight is 152 g/mol. The van der Waals surface area contributed by atoms with Crippen LogP contribution in [0.15, 0.2) is 12.3 Å². The lowest BCUT2D eigenvalue weighted by Gasteiger charge is -2.17. The number of hydrogen-bond donors (Lipinski definition) is 1. The monoisotopic (exact) mass is 152 g/mol. The van der Waals surface area contributed by atoms with Crippen molar-refractivity contribution in [2.24, 2.45) is 0 Å². The van der Waals surface area contributed by atoms with Crippen molar-refractivity contribution in [3.8, 4) is 11.5 Å². The SMILES string of the molecule is Nc1cc2c(cn1)OCCO2. The van der Waals surface area contributed by atoms with Gasteiger partial charge in [-0.3, -0.25) is 0 Å². The molecular weight excluding hydrogens is 144 g/mol. The van der Waals surface area contributed by atoms with Crippen LogP contribution in [0, 0.1) is 0 Å². The number of rotatable bonds is 0. The summed E-state index contributed by atoms with van der Waals surface area (Å²) in [4.78, 5) is 3.87. The number of ether oxygens (including phenoxy) is 2. The summed E-state index contributed by atoms with van der Waals surface area (Å²) in [6.45, 7) is 1.16. The van der Waals surface area contributed by atoms with E-state index in [1.807, 2.05) is 0 Å². The summed E-state index contributed by atoms with van der Waals surface area (Å²) in [6, 6.07) is 1.66. The number of aromatic nitrogens is 1. The molecule has 0 saturated carbocycles. The van der Waals surface area contributed by atoms with Gasteiger partial charge in [0, 0.05) is 6.07 Å². The van der Waals surface area contributed by atoms with E-state index >= 15 is 0 Å². The lowest BCUT2D eigenvalue weighted by Crippen LogP contribution is -2.15. The maximum absolute atomic E-state index is 5.44. The van der Waals surface area contributed by atoms with E-state index in [9.17, 15) is 0 Å². The second-order valence-electron chi connectivity index (χ2n) is 2.25. The van der Waals surface area contributed by atoms with Crippen LogP contribution in [0.2, 0.25) is 0 Å². The van der Waals surface area contributed by atoms with Crippen molar-refractivity contribution < 1.29 is 9.47 Å². The predicted octanol–water partition coefficient (Wildman–Crippen LogP) is 0.435. The standard InChI is InChI=1S/C7H8N2O2/c8-7-3-5-6(4-9-7)11-2-1-10-5/h3-4H,1-2H2,(H2,8,9). The van der Waals surface area contributed by atoms with Gasteiger partial charge in [-0.25, -0.2) is 4.98 Å². The Kier molecular flexibility index (Phi) is 1.31. The summed E-state index contributed by atoms with van der Waals surface area (Å²) in [7, 11) is 0. The van der Waals surface area contributed by atoms with Gasteiger partial charge in [0.05, 0.1) is 6.20 Å². The highest BCUT2D eigenvalue weighted by Gasteiger charge is 2.10. The number of nitrogens with two attached hydrogens (primary N) is 1. The first-order valence-corrected chi connectivity index (χ1v) is 3.37. The second kappa shape index (κ2) is 2.30. The molecule has 1 aromatic rings. The predicted molar refractivity (Wildman–Crippen MR) is 39.6 cm³/mol. The first-order chi connectivity index (χ1) is 5.36. The normalized spacial score (nSPS) is 14.5. The van der Waals surface area contributed by atoms with Crippen LogP contribution >= 0.6 is 0 Å². The third-order valence-electron chi connectivity index (χ3n) is 1.45. The summed E-state index contributed by atoms with van der Waals surface area (Å²) in [5, 5.41) is 0. The first kappa shape index (κ1) is 6.27. The molecule has 1 aliphatic rings. The van der Waals surface area contributed by atoms with E-state index < -0.39 is 0 Å². The molecule has 2 heterocycles. The molecule has 1 aliphatic heterocycles. The minimum Gasteiger partial charge on any atom is -0.486 e. The van der Waals surface area contributed by atoms with Gasteiger partial charge in [0.25, 0.3) is 0 Å². The number of pyridine rings is 1. The van der Waals surface area contributed by atoms with Crippen LogP contribution in [0.4, 0.5) is 5.82 Å². The molecule has 0 saturated heterocycles. The summed E-state index contributed by atoms with van der Waals surface area (Å²) >= 11 is 0. The van der Waals surface area contributed by atoms with E-state index in [-0.39, 0.29) is 0 Å². The van der Waals surface area contributed by atoms with Crippen molar-refractivity contribution in [3.05, 3.63) is 12.3 Å². The Bertz CT molecular complexity index is 275. The Hall–Kier alpha value is -1.45. The minimum absolute atomic E-state index is 0.453. The molecule has 58 valence electrons. The number of fused-ring (bicyclic) bond motifs is 1. The topological polar surface area (TPSA) is 57.4 Å². The quantitative estimate of drug-likeness (QED) is 0.585. The summed E-state index contributed by atoms with van der Waals surface area (Å²) in [6.07, 6.45) is 1.57. The third kappa shape index (κ3) is 1.07. The van der Waals surface area contributed by atoms with Gasteiger partial charge in [-0.05, 0) is 0 Å². The minimum atomic E-state index is 0.453. The van der Waals surface area contributed by atoms with Crippen LogP contribution in [-0.2, 0) is 0 Å². The van der Waals surface area contributed by atoms with E-state index in [2.05, 4.69) is 4.98 Å². The highest BCUT2D eigenvalue weighted by atomic mass is 16.6. The third-order valence-corrected chi connectivity index (χ3v) is 1.45. The number of anilines is 1. The zero-order valence-corrected chi connectivity index (χ0v) is 5.91. The lowest BCUT2D eigenvalue weighted by molar-refractivity contribution is 0.171. The molecule has 4 nitrogen and oxygen atoms in total. The molecule has 0 bridgehead atoms. The Labute approximate surface area is 63.9 Å². The van der Waals surface area contributed by atoms with Crippen molar-refractivity contribution in [1.82, 2.24) is 4.98 Å². The van der Waals surface area contributed by atoms with E-state index in [0.717, 1.165) is 0 Å². The molecule has 11 heavy (non-hydrogen) atoms. The van der Waals surface area contributed by atoms with Crippen LogP contribution in [0.25, 0.3) is 0 Å². The van der Waals surface area contributed by atoms with Crippen LogP contribution in [0.5, 0.6) is 11.5 Å². The molecule has 0 fully saturated rings. The van der Waals surface area contributed by atoms with Gasteiger partial charge in [-0.1, -0.05) is 0 Å². The van der Waals surface area contributed by atoms with E-state index in [1.165, 1.54) is 0 Å². The summed E-state index contributed by atoms with van der Waals surface area (Å²) in [5.41, 5.74) is 5.44. The van der Waals surface area contributed by atoms with Gasteiger partial charge >= 0.3 is 0 Å². The van der Waals surface area contributed by atoms with Crippen LogP contribution in [0.3, 0.4) is 0 Å². The molecule has 0 aromatic carbocycles. The van der Waals surface area contributed by atoms with E-state index in [0.29, 0.717) is 30.5 Å². The van der Waals surface area contributed by atoms with Gasteiger partial charge in [0.1, 0.15) is 19.0 Å². The van der Waals surface area contributed by atoms with Crippen molar-refractivity contribution in [3.63, 3.8) is 0 Å². The molecule has 0 unspecified atom stereocenters. The lowest BCUT2D eigenvalue weighted by atomic mass is 10.4. The largest absolute Gasteiger partial charge is 0.486 e. The molecule has 2 N–H and O–H groups in total. The number of hydrogen-bond acceptors (Lipinski definition) is 4. The molecule has 2 rings (SSSR count). The van der Waals surface area contributed by atoms with E-state index in [1.54, 1.807) is 12.3 Å². The maximum atomic E-state index is 5.44. The van der Waals surface area contributed by atoms with Crippen molar-refractivity contribution in [2.45, 2.75) is 0 Å². The fourth-order valence-electron chi connectivity index (χ4n) is 0.964. The highest BCUT2D eigenvalue weighted by Crippen LogP contribution is 2.29. The first-order valence-electron chi connectivity index (χ1n) is 3.37. The zero-order valence-electron chi connectivity index (χ0n) is 5.91. The smallest absolute Gasteiger partial charge is 0.179 e. The number of nitrogen functional groups attached to an aromatic ring is 1.